The van der Waals surface area contributed by atoms with Gasteiger partial charge in [-0.2, -0.15) is 0 Å². The summed E-state index contributed by atoms with van der Waals surface area (Å²) in [5.41, 5.74) is 0.244. The summed E-state index contributed by atoms with van der Waals surface area (Å²) in [7, 11) is 3.02. The fourth-order valence-electron chi connectivity index (χ4n) is 0.924. The minimum Gasteiger partial charge on any atom is -0.354 e. The van der Waals surface area contributed by atoms with E-state index in [-0.39, 0.29) is 17.4 Å². The number of imidazole rings is 1. The van der Waals surface area contributed by atoms with Gasteiger partial charge in [-0.25, -0.2) is 4.98 Å². The van der Waals surface area contributed by atoms with E-state index in [1.54, 1.807) is 0 Å². The zero-order chi connectivity index (χ0) is 10.7. The molecule has 2 amide bonds. The lowest BCUT2D eigenvalue weighted by atomic mass is 10.4. The Hall–Kier alpha value is -1.37. The van der Waals surface area contributed by atoms with Crippen LogP contribution in [0.3, 0.4) is 0 Å². The van der Waals surface area contributed by atoms with Crippen molar-refractivity contribution < 1.29 is 9.59 Å². The van der Waals surface area contributed by atoms with Crippen LogP contribution in [0.4, 0.5) is 5.82 Å². The van der Waals surface area contributed by atoms with Crippen LogP contribution in [0.5, 0.6) is 0 Å². The molecule has 1 aromatic rings. The molecule has 0 saturated heterocycles. The summed E-state index contributed by atoms with van der Waals surface area (Å²) in [4.78, 5) is 29.7. The summed E-state index contributed by atoms with van der Waals surface area (Å²) in [5.74, 6) is -0.0434. The number of aromatic amines is 1. The van der Waals surface area contributed by atoms with Gasteiger partial charge in [0.1, 0.15) is 5.69 Å². The molecule has 1 aromatic heterocycles. The number of carbonyl (C=O) groups is 2. The van der Waals surface area contributed by atoms with Crippen LogP contribution >= 0.6 is 15.9 Å². The molecule has 1 heterocycles. The fourth-order valence-corrected chi connectivity index (χ4v) is 1.29. The van der Waals surface area contributed by atoms with E-state index < -0.39 is 0 Å². The number of amides is 2. The van der Waals surface area contributed by atoms with Gasteiger partial charge in [-0.1, -0.05) is 0 Å². The zero-order valence-corrected chi connectivity index (χ0v) is 9.25. The molecule has 1 rings (SSSR count). The van der Waals surface area contributed by atoms with Gasteiger partial charge in [-0.05, 0) is 15.9 Å². The van der Waals surface area contributed by atoms with Gasteiger partial charge in [0, 0.05) is 14.1 Å². The molecule has 0 aromatic carbocycles. The number of hydrogen-bond acceptors (Lipinski definition) is 3. The van der Waals surface area contributed by atoms with Crippen molar-refractivity contribution in [3.05, 3.63) is 10.4 Å². The number of hydrogen-bond donors (Lipinski definition) is 2. The highest BCUT2D eigenvalue weighted by Crippen LogP contribution is 2.18. The SMILES string of the molecule is CNC(=O)c1[nH]c(Br)nc1N(C)C=O. The summed E-state index contributed by atoms with van der Waals surface area (Å²) in [5, 5.41) is 2.44. The number of anilines is 1. The third kappa shape index (κ3) is 1.92. The molecule has 0 bridgehead atoms. The van der Waals surface area contributed by atoms with Crippen LogP contribution in [0.1, 0.15) is 10.5 Å². The second-order valence-electron chi connectivity index (χ2n) is 2.52. The molecule has 0 atom stereocenters. The number of halogens is 1. The molecule has 2 N–H and O–H groups in total. The summed E-state index contributed by atoms with van der Waals surface area (Å²) in [6, 6.07) is 0. The Morgan fingerprint density at radius 3 is 2.86 bits per heavy atom. The number of carbonyl (C=O) groups excluding carboxylic acids is 2. The number of rotatable bonds is 3. The maximum absolute atomic E-state index is 11.3. The maximum atomic E-state index is 11.3. The van der Waals surface area contributed by atoms with E-state index in [0.717, 1.165) is 0 Å². The lowest BCUT2D eigenvalue weighted by Gasteiger charge is -2.07. The van der Waals surface area contributed by atoms with Gasteiger partial charge in [0.05, 0.1) is 0 Å². The number of nitrogens with zero attached hydrogens (tertiary/aromatic N) is 2. The van der Waals surface area contributed by atoms with E-state index in [1.807, 2.05) is 0 Å². The molecule has 76 valence electrons. The average molecular weight is 261 g/mol. The fraction of sp³-hybridized carbons (Fsp3) is 0.286. The molecular weight excluding hydrogens is 252 g/mol. The third-order valence-corrected chi connectivity index (χ3v) is 1.98. The molecule has 0 saturated carbocycles. The van der Waals surface area contributed by atoms with Crippen LogP contribution in [-0.2, 0) is 4.79 Å². The molecule has 6 nitrogen and oxygen atoms in total. The maximum Gasteiger partial charge on any atom is 0.271 e. The quantitative estimate of drug-likeness (QED) is 0.759. The highest BCUT2D eigenvalue weighted by atomic mass is 79.9. The number of nitrogens with one attached hydrogen (secondary N) is 2. The summed E-state index contributed by atoms with van der Waals surface area (Å²) in [6.07, 6.45) is 0.578. The van der Waals surface area contributed by atoms with Gasteiger partial charge in [0.25, 0.3) is 5.91 Å². The Balaban J connectivity index is 3.14. The van der Waals surface area contributed by atoms with Crippen molar-refractivity contribution in [3.63, 3.8) is 0 Å². The molecule has 0 spiro atoms. The zero-order valence-electron chi connectivity index (χ0n) is 7.67. The molecule has 0 aliphatic heterocycles. The third-order valence-electron chi connectivity index (χ3n) is 1.60. The Kier molecular flexibility index (Phi) is 3.23. The van der Waals surface area contributed by atoms with Crippen molar-refractivity contribution >= 4 is 34.1 Å². The predicted molar refractivity (Wildman–Crippen MR) is 54.1 cm³/mol. The number of H-pyrrole nitrogens is 1. The van der Waals surface area contributed by atoms with E-state index in [1.165, 1.54) is 19.0 Å². The summed E-state index contributed by atoms with van der Waals surface area (Å²) < 4.78 is 0.403. The van der Waals surface area contributed by atoms with Crippen molar-refractivity contribution in [2.24, 2.45) is 0 Å². The normalized spacial score (nSPS) is 9.64. The van der Waals surface area contributed by atoms with Crippen LogP contribution in [0.25, 0.3) is 0 Å². The minimum atomic E-state index is -0.327. The standard InChI is InChI=1S/C7H9BrN4O2/c1-9-6(14)4-5(12(2)3-13)11-7(8)10-4/h3H,1-2H3,(H,9,14)(H,10,11). The van der Waals surface area contributed by atoms with Crippen molar-refractivity contribution in [2.75, 3.05) is 19.0 Å². The van der Waals surface area contributed by atoms with Crippen LogP contribution < -0.4 is 10.2 Å². The second kappa shape index (κ2) is 4.23. The first-order valence-corrected chi connectivity index (χ1v) is 4.55. The topological polar surface area (TPSA) is 78.1 Å². The largest absolute Gasteiger partial charge is 0.354 e. The highest BCUT2D eigenvalue weighted by Gasteiger charge is 2.17. The molecule has 14 heavy (non-hydrogen) atoms. The monoisotopic (exact) mass is 260 g/mol. The minimum absolute atomic E-state index is 0.244. The van der Waals surface area contributed by atoms with Crippen molar-refractivity contribution in [1.29, 1.82) is 0 Å². The van der Waals surface area contributed by atoms with Gasteiger partial charge in [0.2, 0.25) is 6.41 Å². The second-order valence-corrected chi connectivity index (χ2v) is 3.27. The molecule has 0 fully saturated rings. The van der Waals surface area contributed by atoms with E-state index in [0.29, 0.717) is 11.1 Å². The lowest BCUT2D eigenvalue weighted by molar-refractivity contribution is -0.107. The Bertz CT molecular complexity index is 363. The summed E-state index contributed by atoms with van der Waals surface area (Å²) in [6.45, 7) is 0. The van der Waals surface area contributed by atoms with Crippen molar-refractivity contribution in [1.82, 2.24) is 15.3 Å². The molecule has 7 heteroatoms. The first kappa shape index (κ1) is 10.7. The lowest BCUT2D eigenvalue weighted by Crippen LogP contribution is -2.23. The van der Waals surface area contributed by atoms with E-state index in [4.69, 9.17) is 0 Å². The smallest absolute Gasteiger partial charge is 0.271 e. The molecular formula is C7H9BrN4O2. The van der Waals surface area contributed by atoms with E-state index in [9.17, 15) is 9.59 Å². The molecule has 0 aliphatic rings. The summed E-state index contributed by atoms with van der Waals surface area (Å²) >= 11 is 3.09. The van der Waals surface area contributed by atoms with Crippen LogP contribution in [-0.4, -0.2) is 36.4 Å². The highest BCUT2D eigenvalue weighted by molar-refractivity contribution is 9.10. The van der Waals surface area contributed by atoms with Gasteiger partial charge in [0.15, 0.2) is 10.6 Å². The van der Waals surface area contributed by atoms with E-state index in [2.05, 4.69) is 31.2 Å². The van der Waals surface area contributed by atoms with Gasteiger partial charge >= 0.3 is 0 Å². The first-order valence-electron chi connectivity index (χ1n) is 3.76. The Morgan fingerprint density at radius 2 is 2.36 bits per heavy atom. The van der Waals surface area contributed by atoms with Gasteiger partial charge in [-0.3, -0.25) is 9.59 Å². The number of aromatic nitrogens is 2. The van der Waals surface area contributed by atoms with E-state index >= 15 is 0 Å². The Labute approximate surface area is 88.8 Å². The first-order chi connectivity index (χ1) is 6.60. The molecule has 0 radical (unpaired) electrons. The Morgan fingerprint density at radius 1 is 1.71 bits per heavy atom. The van der Waals surface area contributed by atoms with Crippen LogP contribution in [0, 0.1) is 0 Å². The van der Waals surface area contributed by atoms with Crippen LogP contribution in [0.15, 0.2) is 4.73 Å². The average Bonchev–Trinajstić information content (AvgIpc) is 2.58. The van der Waals surface area contributed by atoms with Gasteiger partial charge < -0.3 is 15.2 Å². The van der Waals surface area contributed by atoms with Crippen molar-refractivity contribution in [3.8, 4) is 0 Å². The predicted octanol–water partition coefficient (Wildman–Crippen LogP) is 0.124. The van der Waals surface area contributed by atoms with Gasteiger partial charge in [-0.15, -0.1) is 0 Å². The van der Waals surface area contributed by atoms with Crippen LogP contribution in [0.2, 0.25) is 0 Å². The van der Waals surface area contributed by atoms with Crippen molar-refractivity contribution in [2.45, 2.75) is 0 Å². The molecule has 0 aliphatic carbocycles. The molecule has 0 unspecified atom stereocenters.